The topological polar surface area (TPSA) is 29.5 Å². The molecule has 1 N–H and O–H groups in total. The summed E-state index contributed by atoms with van der Waals surface area (Å²) in [7, 11) is 0. The van der Waals surface area contributed by atoms with E-state index in [-0.39, 0.29) is 0 Å². The smallest absolute Gasteiger partial charge is 0.153 e. The van der Waals surface area contributed by atoms with Gasteiger partial charge in [0.05, 0.1) is 6.26 Å². The number of rotatable bonds is 10. The molecule has 0 radical (unpaired) electrons. The molecule has 2 heteroatoms. The third-order valence-electron chi connectivity index (χ3n) is 6.01. The lowest BCUT2D eigenvalue weighted by molar-refractivity contribution is 0.00568. The van der Waals surface area contributed by atoms with Gasteiger partial charge in [-0.15, -0.1) is 0 Å². The first kappa shape index (κ1) is 22.4. The van der Waals surface area contributed by atoms with E-state index in [1.807, 2.05) is 66.9 Å². The zero-order chi connectivity index (χ0) is 21.0. The summed E-state index contributed by atoms with van der Waals surface area (Å²) < 4.78 is 6.18. The predicted molar refractivity (Wildman–Crippen MR) is 125 cm³/mol. The van der Waals surface area contributed by atoms with Crippen molar-refractivity contribution >= 4 is 0 Å². The maximum absolute atomic E-state index is 11.0. The highest BCUT2D eigenvalue weighted by Gasteiger charge is 2.24. The summed E-state index contributed by atoms with van der Waals surface area (Å²) in [6.07, 6.45) is 15.4. The second-order valence-electron chi connectivity index (χ2n) is 8.28. The second kappa shape index (κ2) is 12.4. The molecule has 0 unspecified atom stereocenters. The molecule has 1 saturated carbocycles. The molecule has 1 aliphatic carbocycles. The van der Waals surface area contributed by atoms with Gasteiger partial charge in [0.2, 0.25) is 0 Å². The first-order chi connectivity index (χ1) is 14.8. The molecule has 0 spiro atoms. The number of hydrogen-bond acceptors (Lipinski definition) is 2. The van der Waals surface area contributed by atoms with Crippen molar-refractivity contribution in [3.05, 3.63) is 95.8 Å². The van der Waals surface area contributed by atoms with Crippen LogP contribution in [0.3, 0.4) is 0 Å². The first-order valence-corrected chi connectivity index (χ1v) is 11.6. The van der Waals surface area contributed by atoms with Gasteiger partial charge in [0, 0.05) is 5.92 Å². The molecule has 0 saturated heterocycles. The predicted octanol–water partition coefficient (Wildman–Crippen LogP) is 7.69. The van der Waals surface area contributed by atoms with Crippen molar-refractivity contribution in [2.75, 3.05) is 0 Å². The number of allylic oxidation sites excluding steroid dienone is 3. The maximum Gasteiger partial charge on any atom is 0.153 e. The van der Waals surface area contributed by atoms with Crippen molar-refractivity contribution in [2.45, 2.75) is 70.5 Å². The molecule has 2 nitrogen and oxygen atoms in total. The van der Waals surface area contributed by atoms with Crippen LogP contribution in [0.5, 0.6) is 0 Å². The molecule has 160 valence electrons. The summed E-state index contributed by atoms with van der Waals surface area (Å²) in [5.41, 5.74) is 3.42. The average molecular weight is 405 g/mol. The summed E-state index contributed by atoms with van der Waals surface area (Å²) in [5, 5.41) is 11.0. The van der Waals surface area contributed by atoms with Gasteiger partial charge >= 0.3 is 0 Å². The van der Waals surface area contributed by atoms with E-state index in [1.165, 1.54) is 51.4 Å². The molecule has 3 atom stereocenters. The average Bonchev–Trinajstić information content (AvgIpc) is 2.81. The number of benzene rings is 2. The van der Waals surface area contributed by atoms with Gasteiger partial charge < -0.3 is 9.84 Å². The van der Waals surface area contributed by atoms with Gasteiger partial charge in [-0.05, 0) is 49.3 Å². The molecule has 0 heterocycles. The van der Waals surface area contributed by atoms with Crippen molar-refractivity contribution in [3.63, 3.8) is 0 Å². The van der Waals surface area contributed by atoms with Crippen LogP contribution in [0.25, 0.3) is 0 Å². The van der Waals surface area contributed by atoms with Crippen LogP contribution < -0.4 is 0 Å². The minimum absolute atomic E-state index is 0.426. The monoisotopic (exact) mass is 404 g/mol. The van der Waals surface area contributed by atoms with E-state index in [0.29, 0.717) is 5.92 Å². The molecular formula is C28H36O2. The highest BCUT2D eigenvalue weighted by Crippen LogP contribution is 2.34. The Balaban J connectivity index is 1.70. The van der Waals surface area contributed by atoms with Gasteiger partial charge in [0.15, 0.2) is 6.10 Å². The van der Waals surface area contributed by atoms with Crippen LogP contribution >= 0.6 is 0 Å². The Morgan fingerprint density at radius 1 is 0.967 bits per heavy atom. The lowest BCUT2D eigenvalue weighted by Gasteiger charge is -2.25. The molecule has 3 rings (SSSR count). The summed E-state index contributed by atoms with van der Waals surface area (Å²) in [6.45, 7) is 2.25. The Morgan fingerprint density at radius 2 is 1.67 bits per heavy atom. The molecular weight excluding hydrogens is 368 g/mol. The fraction of sp³-hybridized carbons (Fsp3) is 0.429. The SMILES string of the molecule is CCCCC/C=C1\CCCC[C@H]1/C=C\O[C@H](c1ccccc1)[C@H](O)c1ccccc1. The van der Waals surface area contributed by atoms with Crippen molar-refractivity contribution in [3.8, 4) is 0 Å². The molecule has 2 aromatic rings. The normalized spacial score (nSPS) is 20.3. The fourth-order valence-electron chi connectivity index (χ4n) is 4.25. The standard InChI is InChI=1S/C28H36O2/c1-2-3-4-7-14-23-15-12-13-16-24(23)21-22-30-28(26-19-10-6-11-20-26)27(29)25-17-8-5-9-18-25/h5-6,8-11,14,17-22,24,27-29H,2-4,7,12-13,15-16H2,1H3/b22-21-,23-14+/t24-,27+,28+/m0/s1. The van der Waals surface area contributed by atoms with E-state index in [9.17, 15) is 5.11 Å². The molecule has 1 fully saturated rings. The molecule has 0 bridgehead atoms. The number of aliphatic hydroxyl groups is 1. The largest absolute Gasteiger partial charge is 0.491 e. The van der Waals surface area contributed by atoms with Crippen LogP contribution in [0.15, 0.2) is 84.7 Å². The van der Waals surface area contributed by atoms with Crippen LogP contribution in [-0.4, -0.2) is 5.11 Å². The zero-order valence-electron chi connectivity index (χ0n) is 18.2. The number of aliphatic hydroxyl groups excluding tert-OH is 1. The third-order valence-corrected chi connectivity index (χ3v) is 6.01. The Kier molecular flexibility index (Phi) is 9.24. The Bertz CT molecular complexity index is 779. The molecule has 0 aliphatic heterocycles. The second-order valence-corrected chi connectivity index (χ2v) is 8.28. The van der Waals surface area contributed by atoms with Gasteiger partial charge in [-0.3, -0.25) is 0 Å². The summed E-state index contributed by atoms with van der Waals surface area (Å²) in [5.74, 6) is 0.464. The number of unbranched alkanes of at least 4 members (excludes halogenated alkanes) is 3. The van der Waals surface area contributed by atoms with E-state index in [1.54, 1.807) is 5.57 Å². The Morgan fingerprint density at radius 3 is 2.37 bits per heavy atom. The summed E-state index contributed by atoms with van der Waals surface area (Å²) in [6, 6.07) is 19.8. The Hall–Kier alpha value is -2.32. The molecule has 30 heavy (non-hydrogen) atoms. The van der Waals surface area contributed by atoms with Crippen LogP contribution in [-0.2, 0) is 4.74 Å². The Labute approximate surface area is 182 Å². The maximum atomic E-state index is 11.0. The van der Waals surface area contributed by atoms with Gasteiger partial charge in [0.1, 0.15) is 6.10 Å². The van der Waals surface area contributed by atoms with Crippen LogP contribution in [0, 0.1) is 5.92 Å². The van der Waals surface area contributed by atoms with Crippen LogP contribution in [0.4, 0.5) is 0 Å². The molecule has 0 amide bonds. The van der Waals surface area contributed by atoms with E-state index in [4.69, 9.17) is 4.74 Å². The third kappa shape index (κ3) is 6.60. The minimum atomic E-state index is -0.714. The van der Waals surface area contributed by atoms with Gasteiger partial charge in [-0.2, -0.15) is 0 Å². The zero-order valence-corrected chi connectivity index (χ0v) is 18.2. The van der Waals surface area contributed by atoms with Crippen molar-refractivity contribution in [1.82, 2.24) is 0 Å². The van der Waals surface area contributed by atoms with Crippen LogP contribution in [0.2, 0.25) is 0 Å². The quantitative estimate of drug-likeness (QED) is 0.250. The van der Waals surface area contributed by atoms with Crippen molar-refractivity contribution < 1.29 is 9.84 Å². The fourth-order valence-corrected chi connectivity index (χ4v) is 4.25. The highest BCUT2D eigenvalue weighted by atomic mass is 16.5. The molecule has 1 aliphatic rings. The van der Waals surface area contributed by atoms with Crippen molar-refractivity contribution in [2.24, 2.45) is 5.92 Å². The van der Waals surface area contributed by atoms with E-state index < -0.39 is 12.2 Å². The van der Waals surface area contributed by atoms with Crippen molar-refractivity contribution in [1.29, 1.82) is 0 Å². The van der Waals surface area contributed by atoms with Gasteiger partial charge in [0.25, 0.3) is 0 Å². The van der Waals surface area contributed by atoms with E-state index in [0.717, 1.165) is 11.1 Å². The first-order valence-electron chi connectivity index (χ1n) is 11.6. The lowest BCUT2D eigenvalue weighted by atomic mass is 9.83. The summed E-state index contributed by atoms with van der Waals surface area (Å²) >= 11 is 0. The van der Waals surface area contributed by atoms with Gasteiger partial charge in [-0.25, -0.2) is 0 Å². The van der Waals surface area contributed by atoms with Gasteiger partial charge in [-0.1, -0.05) is 98.5 Å². The van der Waals surface area contributed by atoms with Crippen LogP contribution in [0.1, 0.15) is 81.6 Å². The van der Waals surface area contributed by atoms with E-state index in [2.05, 4.69) is 19.1 Å². The summed E-state index contributed by atoms with van der Waals surface area (Å²) in [4.78, 5) is 0. The molecule has 2 aromatic carbocycles. The van der Waals surface area contributed by atoms with E-state index >= 15 is 0 Å². The number of hydrogen-bond donors (Lipinski definition) is 1. The lowest BCUT2D eigenvalue weighted by Crippen LogP contribution is -2.13. The minimum Gasteiger partial charge on any atom is -0.491 e. The molecule has 0 aromatic heterocycles. The number of ether oxygens (including phenoxy) is 1. The highest BCUT2D eigenvalue weighted by molar-refractivity contribution is 5.25.